The zero-order chi connectivity index (χ0) is 20.6. The summed E-state index contributed by atoms with van der Waals surface area (Å²) in [5.41, 5.74) is 0.0580. The number of benzene rings is 1. The first-order chi connectivity index (χ1) is 13.8. The Bertz CT molecular complexity index is 788. The van der Waals surface area contributed by atoms with Gasteiger partial charge in [0.1, 0.15) is 11.6 Å². The topological polar surface area (TPSA) is 66.8 Å². The van der Waals surface area contributed by atoms with E-state index in [0.29, 0.717) is 29.6 Å². The Labute approximate surface area is 171 Å². The van der Waals surface area contributed by atoms with E-state index in [4.69, 9.17) is 9.84 Å². The first kappa shape index (κ1) is 20.2. The van der Waals surface area contributed by atoms with Gasteiger partial charge in [0, 0.05) is 24.6 Å². The molecule has 3 aliphatic rings. The summed E-state index contributed by atoms with van der Waals surface area (Å²) in [4.78, 5) is 25.4. The van der Waals surface area contributed by atoms with E-state index in [-0.39, 0.29) is 11.0 Å². The molecule has 29 heavy (non-hydrogen) atoms. The largest absolute Gasteiger partial charge is 0.493 e. The molecule has 2 saturated carbocycles. The fraction of sp³-hybridized carbons (Fsp3) is 0.652. The third-order valence-corrected chi connectivity index (χ3v) is 7.27. The maximum Gasteiger partial charge on any atom is 0.338 e. The van der Waals surface area contributed by atoms with Crippen LogP contribution in [0.3, 0.4) is 0 Å². The molecule has 4 rings (SSSR count). The fourth-order valence-corrected chi connectivity index (χ4v) is 5.07. The maximum absolute atomic E-state index is 13.7. The van der Waals surface area contributed by atoms with Gasteiger partial charge in [0.15, 0.2) is 0 Å². The van der Waals surface area contributed by atoms with E-state index in [0.717, 1.165) is 57.7 Å². The van der Waals surface area contributed by atoms with Crippen LogP contribution in [0.25, 0.3) is 0 Å². The third kappa shape index (κ3) is 4.26. The summed E-state index contributed by atoms with van der Waals surface area (Å²) in [5, 5.41) is 8.85. The van der Waals surface area contributed by atoms with E-state index in [9.17, 15) is 14.0 Å². The summed E-state index contributed by atoms with van der Waals surface area (Å²) in [6.07, 6.45) is 8.86. The second-order valence-corrected chi connectivity index (χ2v) is 9.56. The SMILES string of the molecule is CC1(C(=O)N2CCC3(CC2)CC(CCCOc2ccc(C(=O)O)c(F)c2)C3)CC1. The first-order valence-electron chi connectivity index (χ1n) is 10.8. The van der Waals surface area contributed by atoms with Crippen molar-refractivity contribution in [1.29, 1.82) is 0 Å². The monoisotopic (exact) mass is 403 g/mol. The number of ether oxygens (including phenoxy) is 1. The lowest BCUT2D eigenvalue weighted by Gasteiger charge is -2.52. The number of aromatic carboxylic acids is 1. The fourth-order valence-electron chi connectivity index (χ4n) is 5.07. The van der Waals surface area contributed by atoms with E-state index >= 15 is 0 Å². The molecular formula is C23H30FNO4. The molecule has 0 atom stereocenters. The van der Waals surface area contributed by atoms with Crippen molar-refractivity contribution in [2.24, 2.45) is 16.7 Å². The van der Waals surface area contributed by atoms with E-state index in [1.54, 1.807) is 0 Å². The Morgan fingerprint density at radius 3 is 2.48 bits per heavy atom. The molecule has 2 aliphatic carbocycles. The van der Waals surface area contributed by atoms with Crippen LogP contribution in [0.5, 0.6) is 5.75 Å². The number of likely N-dealkylation sites (tertiary alicyclic amines) is 1. The molecule has 1 heterocycles. The smallest absolute Gasteiger partial charge is 0.338 e. The molecule has 6 heteroatoms. The zero-order valence-electron chi connectivity index (χ0n) is 17.1. The van der Waals surface area contributed by atoms with Crippen molar-refractivity contribution in [2.75, 3.05) is 19.7 Å². The number of amides is 1. The summed E-state index contributed by atoms with van der Waals surface area (Å²) in [6, 6.07) is 3.88. The number of carbonyl (C=O) groups excluding carboxylic acids is 1. The highest BCUT2D eigenvalue weighted by molar-refractivity contribution is 5.88. The average molecular weight is 403 g/mol. The normalized spacial score (nSPS) is 22.2. The summed E-state index contributed by atoms with van der Waals surface area (Å²) >= 11 is 0. The number of carbonyl (C=O) groups is 2. The van der Waals surface area contributed by atoms with Gasteiger partial charge in [-0.2, -0.15) is 0 Å². The number of hydrogen-bond donors (Lipinski definition) is 1. The minimum absolute atomic E-state index is 0.0521. The predicted octanol–water partition coefficient (Wildman–Crippen LogP) is 4.50. The Morgan fingerprint density at radius 2 is 1.90 bits per heavy atom. The van der Waals surface area contributed by atoms with E-state index in [2.05, 4.69) is 11.8 Å². The lowest BCUT2D eigenvalue weighted by molar-refractivity contribution is -0.140. The van der Waals surface area contributed by atoms with E-state index < -0.39 is 11.8 Å². The molecule has 0 aromatic heterocycles. The van der Waals surface area contributed by atoms with Gasteiger partial charge in [-0.05, 0) is 74.8 Å². The molecule has 1 N–H and O–H groups in total. The maximum atomic E-state index is 13.7. The molecule has 1 amide bonds. The lowest BCUT2D eigenvalue weighted by atomic mass is 9.56. The number of carboxylic acid groups (broad SMARTS) is 1. The van der Waals surface area contributed by atoms with E-state index in [1.165, 1.54) is 25.0 Å². The predicted molar refractivity (Wildman–Crippen MR) is 106 cm³/mol. The number of carboxylic acids is 1. The third-order valence-electron chi connectivity index (χ3n) is 7.27. The molecule has 1 saturated heterocycles. The molecular weight excluding hydrogens is 373 g/mol. The standard InChI is InChI=1S/C23H30FNO4/c1-22(6-7-22)21(28)25-10-8-23(9-11-25)14-16(15-23)3-2-12-29-17-4-5-18(20(26)27)19(24)13-17/h4-5,13,16H,2-3,6-12,14-15H2,1H3,(H,26,27). The number of piperidine rings is 1. The lowest BCUT2D eigenvalue weighted by Crippen LogP contribution is -2.50. The van der Waals surface area contributed by atoms with Crippen molar-refractivity contribution < 1.29 is 23.8 Å². The zero-order valence-corrected chi connectivity index (χ0v) is 17.1. The van der Waals surface area contributed by atoms with Crippen LogP contribution in [0.4, 0.5) is 4.39 Å². The number of nitrogens with zero attached hydrogens (tertiary/aromatic N) is 1. The van der Waals surface area contributed by atoms with Crippen molar-refractivity contribution in [1.82, 2.24) is 4.90 Å². The highest BCUT2D eigenvalue weighted by Crippen LogP contribution is 2.55. The highest BCUT2D eigenvalue weighted by Gasteiger charge is 2.50. The van der Waals surface area contributed by atoms with Crippen molar-refractivity contribution in [2.45, 2.75) is 58.3 Å². The molecule has 0 radical (unpaired) electrons. The second kappa shape index (κ2) is 7.62. The van der Waals surface area contributed by atoms with Gasteiger partial charge in [-0.25, -0.2) is 9.18 Å². The molecule has 3 fully saturated rings. The molecule has 5 nitrogen and oxygen atoms in total. The minimum atomic E-state index is -1.27. The quantitative estimate of drug-likeness (QED) is 0.681. The van der Waals surface area contributed by atoms with Gasteiger partial charge in [-0.15, -0.1) is 0 Å². The van der Waals surface area contributed by atoms with Crippen molar-refractivity contribution in [3.8, 4) is 5.75 Å². The van der Waals surface area contributed by atoms with Crippen LogP contribution in [0, 0.1) is 22.6 Å². The molecule has 1 aromatic carbocycles. The van der Waals surface area contributed by atoms with Gasteiger partial charge >= 0.3 is 5.97 Å². The molecule has 0 bridgehead atoms. The Hall–Kier alpha value is -2.11. The summed E-state index contributed by atoms with van der Waals surface area (Å²) in [5.74, 6) is -0.582. The van der Waals surface area contributed by atoms with Crippen LogP contribution in [0.15, 0.2) is 18.2 Å². The number of halogens is 1. The molecule has 1 aromatic rings. The summed E-state index contributed by atoms with van der Waals surface area (Å²) in [7, 11) is 0. The first-order valence-corrected chi connectivity index (χ1v) is 10.8. The van der Waals surface area contributed by atoms with Crippen LogP contribution in [0.2, 0.25) is 0 Å². The molecule has 158 valence electrons. The van der Waals surface area contributed by atoms with Gasteiger partial charge in [0.25, 0.3) is 0 Å². The minimum Gasteiger partial charge on any atom is -0.493 e. The van der Waals surface area contributed by atoms with Crippen LogP contribution < -0.4 is 4.74 Å². The van der Waals surface area contributed by atoms with Crippen LogP contribution in [0.1, 0.15) is 68.6 Å². The Kier molecular flexibility index (Phi) is 5.30. The summed E-state index contributed by atoms with van der Waals surface area (Å²) in [6.45, 7) is 4.44. The number of rotatable bonds is 7. The van der Waals surface area contributed by atoms with Crippen LogP contribution in [-0.2, 0) is 4.79 Å². The van der Waals surface area contributed by atoms with E-state index in [1.807, 2.05) is 0 Å². The highest BCUT2D eigenvalue weighted by atomic mass is 19.1. The number of hydrogen-bond acceptors (Lipinski definition) is 3. The van der Waals surface area contributed by atoms with Crippen molar-refractivity contribution in [3.63, 3.8) is 0 Å². The average Bonchev–Trinajstić information content (AvgIpc) is 3.42. The van der Waals surface area contributed by atoms with Gasteiger partial charge < -0.3 is 14.7 Å². The van der Waals surface area contributed by atoms with Gasteiger partial charge in [-0.3, -0.25) is 4.79 Å². The van der Waals surface area contributed by atoms with Crippen LogP contribution in [-0.4, -0.2) is 41.6 Å². The molecule has 1 aliphatic heterocycles. The Balaban J connectivity index is 1.14. The summed E-state index contributed by atoms with van der Waals surface area (Å²) < 4.78 is 19.2. The molecule has 0 unspecified atom stereocenters. The molecule has 1 spiro atoms. The van der Waals surface area contributed by atoms with Crippen molar-refractivity contribution >= 4 is 11.9 Å². The van der Waals surface area contributed by atoms with Gasteiger partial charge in [0.05, 0.1) is 12.2 Å². The second-order valence-electron chi connectivity index (χ2n) is 9.56. The van der Waals surface area contributed by atoms with Gasteiger partial charge in [-0.1, -0.05) is 6.92 Å². The Morgan fingerprint density at radius 1 is 1.21 bits per heavy atom. The van der Waals surface area contributed by atoms with Crippen molar-refractivity contribution in [3.05, 3.63) is 29.6 Å². The van der Waals surface area contributed by atoms with Crippen LogP contribution >= 0.6 is 0 Å². The van der Waals surface area contributed by atoms with Gasteiger partial charge in [0.2, 0.25) is 5.91 Å².